The Hall–Kier alpha value is -5.36. The van der Waals surface area contributed by atoms with Gasteiger partial charge < -0.3 is 78.0 Å². The molecule has 0 bridgehead atoms. The maximum atomic E-state index is 11.2. The van der Waals surface area contributed by atoms with Crippen molar-refractivity contribution in [3.63, 3.8) is 0 Å². The molecule has 8 atom stereocenters. The van der Waals surface area contributed by atoms with Crippen molar-refractivity contribution >= 4 is 0 Å². The number of fused-ring (bicyclic) bond motifs is 1. The zero-order valence-corrected chi connectivity index (χ0v) is 33.0. The van der Waals surface area contributed by atoms with Crippen LogP contribution in [-0.4, -0.2) is 112 Å². The summed E-state index contributed by atoms with van der Waals surface area (Å²) >= 11 is 0. The van der Waals surface area contributed by atoms with E-state index in [0.29, 0.717) is 24.3 Å². The van der Waals surface area contributed by atoms with Crippen LogP contribution in [0.4, 0.5) is 0 Å². The molecule has 2 heterocycles. The molecule has 2 aliphatic heterocycles. The van der Waals surface area contributed by atoms with Gasteiger partial charge in [-0.05, 0) is 70.8 Å². The van der Waals surface area contributed by atoms with Gasteiger partial charge in [-0.2, -0.15) is 0 Å². The Balaban J connectivity index is 1.22. The number of phenols is 2. The molecule has 4 aromatic rings. The summed E-state index contributed by atoms with van der Waals surface area (Å²) in [7, 11) is 8.67. The molecule has 314 valence electrons. The van der Waals surface area contributed by atoms with Gasteiger partial charge in [0.15, 0.2) is 58.2 Å². The first-order valence-electron chi connectivity index (χ1n) is 18.4. The third-order valence-electron chi connectivity index (χ3n) is 10.6. The molecule has 58 heavy (non-hydrogen) atoms. The highest BCUT2D eigenvalue weighted by Gasteiger charge is 2.49. The number of aliphatic hydroxyl groups excluding tert-OH is 4. The van der Waals surface area contributed by atoms with Gasteiger partial charge in [0.2, 0.25) is 11.5 Å². The monoisotopic (exact) mass is 810 g/mol. The number of methoxy groups -OCH3 is 6. The number of aromatic hydroxyl groups is 2. The number of aliphatic hydroxyl groups is 4. The first-order chi connectivity index (χ1) is 28.0. The second-order valence-corrected chi connectivity index (χ2v) is 13.8. The van der Waals surface area contributed by atoms with Gasteiger partial charge in [-0.25, -0.2) is 0 Å². The molecular weight excluding hydrogens is 760 g/mol. The van der Waals surface area contributed by atoms with Crippen LogP contribution in [-0.2, 0) is 9.47 Å². The number of phenolic OH excluding ortho intramolecular Hbond substituents is 2. The molecule has 0 aromatic heterocycles. The smallest absolute Gasteiger partial charge is 0.204 e. The first-order valence-corrected chi connectivity index (χ1v) is 18.4. The summed E-state index contributed by atoms with van der Waals surface area (Å²) in [4.78, 5) is 0. The normalized spacial score (nSPS) is 20.7. The molecule has 8 unspecified atom stereocenters. The van der Waals surface area contributed by atoms with Crippen LogP contribution in [0.25, 0.3) is 0 Å². The van der Waals surface area contributed by atoms with E-state index in [1.54, 1.807) is 30.3 Å². The average Bonchev–Trinajstić information content (AvgIpc) is 3.87. The Labute approximate surface area is 335 Å². The minimum atomic E-state index is -1.34. The molecule has 0 radical (unpaired) electrons. The molecule has 0 saturated carbocycles. The van der Waals surface area contributed by atoms with E-state index in [1.807, 2.05) is 0 Å². The van der Waals surface area contributed by atoms with E-state index in [1.165, 1.54) is 73.0 Å². The fourth-order valence-electron chi connectivity index (χ4n) is 7.50. The lowest BCUT2D eigenvalue weighted by molar-refractivity contribution is -0.00205. The molecular formula is C42H50O16. The Kier molecular flexibility index (Phi) is 13.5. The van der Waals surface area contributed by atoms with Gasteiger partial charge in [0.25, 0.3) is 0 Å². The standard InChI is InChI=1S/C42H50O16/c1-49-29-10-8-21(11-28(29)46)37(47)35(17-43)57-41-31(51-3)13-23(14-32(41)52-4)39-25-19-56-40(26(25)20-55-39)24-15-33(53-5)42(34(16-24)54-6)58-36(18-44)38(48)22-7-9-27(45)30(12-22)50-2/h7-16,25-26,35-40,43-48H,17-20H2,1-6H3. The second kappa shape index (κ2) is 18.5. The Morgan fingerprint density at radius 1 is 0.517 bits per heavy atom. The van der Waals surface area contributed by atoms with Gasteiger partial charge in [-0.3, -0.25) is 0 Å². The van der Waals surface area contributed by atoms with Crippen molar-refractivity contribution in [2.75, 3.05) is 69.1 Å². The predicted octanol–water partition coefficient (Wildman–Crippen LogP) is 4.17. The zero-order valence-electron chi connectivity index (χ0n) is 33.0. The van der Waals surface area contributed by atoms with Crippen LogP contribution in [0.5, 0.6) is 57.5 Å². The van der Waals surface area contributed by atoms with Crippen molar-refractivity contribution in [2.24, 2.45) is 11.8 Å². The number of hydrogen-bond acceptors (Lipinski definition) is 16. The summed E-state index contributed by atoms with van der Waals surface area (Å²) in [5.74, 6) is 1.36. The summed E-state index contributed by atoms with van der Waals surface area (Å²) in [5.41, 5.74) is 2.12. The van der Waals surface area contributed by atoms with E-state index in [0.717, 1.165) is 11.1 Å². The van der Waals surface area contributed by atoms with Crippen LogP contribution in [0.2, 0.25) is 0 Å². The molecule has 4 aromatic carbocycles. The first kappa shape index (κ1) is 42.3. The van der Waals surface area contributed by atoms with E-state index in [-0.39, 0.29) is 69.3 Å². The topological polar surface area (TPSA) is 214 Å². The van der Waals surface area contributed by atoms with Gasteiger partial charge in [0, 0.05) is 11.8 Å². The lowest BCUT2D eigenvalue weighted by atomic mass is 9.84. The summed E-state index contributed by atoms with van der Waals surface area (Å²) in [6.45, 7) is -0.422. The molecule has 6 N–H and O–H groups in total. The lowest BCUT2D eigenvalue weighted by Crippen LogP contribution is -2.29. The van der Waals surface area contributed by atoms with Crippen molar-refractivity contribution in [1.82, 2.24) is 0 Å². The van der Waals surface area contributed by atoms with E-state index in [4.69, 9.17) is 47.4 Å². The van der Waals surface area contributed by atoms with E-state index in [2.05, 4.69) is 0 Å². The van der Waals surface area contributed by atoms with Gasteiger partial charge in [0.1, 0.15) is 12.2 Å². The van der Waals surface area contributed by atoms with E-state index >= 15 is 0 Å². The summed E-state index contributed by atoms with van der Waals surface area (Å²) in [6, 6.07) is 15.8. The minimum Gasteiger partial charge on any atom is -0.504 e. The number of benzene rings is 4. The zero-order chi connectivity index (χ0) is 41.7. The lowest BCUT2D eigenvalue weighted by Gasteiger charge is -2.26. The quantitative estimate of drug-likeness (QED) is 0.0832. The predicted molar refractivity (Wildman–Crippen MR) is 206 cm³/mol. The Bertz CT molecular complexity index is 1970. The fraction of sp³-hybridized carbons (Fsp3) is 0.429. The molecule has 16 heteroatoms. The van der Waals surface area contributed by atoms with E-state index in [9.17, 15) is 30.6 Å². The minimum absolute atomic E-state index is 0.0922. The highest BCUT2D eigenvalue weighted by atomic mass is 16.6. The van der Waals surface area contributed by atoms with Crippen LogP contribution in [0.1, 0.15) is 46.7 Å². The van der Waals surface area contributed by atoms with Crippen LogP contribution in [0, 0.1) is 11.8 Å². The molecule has 2 fully saturated rings. The van der Waals surface area contributed by atoms with Gasteiger partial charge in [-0.1, -0.05) is 12.1 Å². The Morgan fingerprint density at radius 2 is 0.914 bits per heavy atom. The summed E-state index contributed by atoms with van der Waals surface area (Å²) < 4.78 is 58.3. The van der Waals surface area contributed by atoms with Crippen molar-refractivity contribution in [1.29, 1.82) is 0 Å². The molecule has 0 amide bonds. The number of hydrogen-bond donors (Lipinski definition) is 6. The van der Waals surface area contributed by atoms with E-state index < -0.39 is 49.8 Å². The molecule has 0 spiro atoms. The van der Waals surface area contributed by atoms with Crippen LogP contribution < -0.4 is 37.9 Å². The van der Waals surface area contributed by atoms with Crippen LogP contribution >= 0.6 is 0 Å². The molecule has 16 nitrogen and oxygen atoms in total. The molecule has 2 saturated heterocycles. The van der Waals surface area contributed by atoms with Crippen molar-refractivity contribution in [3.8, 4) is 57.5 Å². The molecule has 0 aliphatic carbocycles. The maximum Gasteiger partial charge on any atom is 0.204 e. The fourth-order valence-corrected chi connectivity index (χ4v) is 7.50. The highest BCUT2D eigenvalue weighted by molar-refractivity contribution is 5.56. The third kappa shape index (κ3) is 8.30. The number of rotatable bonds is 18. The summed E-state index contributed by atoms with van der Waals surface area (Å²) in [5, 5.41) is 63.0. The van der Waals surface area contributed by atoms with Crippen molar-refractivity contribution in [2.45, 2.75) is 36.6 Å². The van der Waals surface area contributed by atoms with Gasteiger partial charge in [0.05, 0.1) is 81.3 Å². The van der Waals surface area contributed by atoms with Crippen molar-refractivity contribution in [3.05, 3.63) is 82.9 Å². The van der Waals surface area contributed by atoms with Crippen LogP contribution in [0.15, 0.2) is 60.7 Å². The molecule has 2 aliphatic rings. The second-order valence-electron chi connectivity index (χ2n) is 13.8. The number of ether oxygens (including phenoxy) is 10. The SMILES string of the molecule is COc1ccc(C(O)C(CO)Oc2c(OC)cc(C3OCC4C(c5cc(OC)c(OC(CO)C(O)c6ccc(O)c(OC)c6)c(OC)c5)OCC34)cc2OC)cc1O. The Morgan fingerprint density at radius 3 is 1.29 bits per heavy atom. The van der Waals surface area contributed by atoms with Gasteiger partial charge in [-0.15, -0.1) is 0 Å². The molecule has 6 rings (SSSR count). The average molecular weight is 811 g/mol. The summed E-state index contributed by atoms with van der Waals surface area (Å²) in [6.07, 6.45) is -5.80. The van der Waals surface area contributed by atoms with Gasteiger partial charge >= 0.3 is 0 Å². The van der Waals surface area contributed by atoms with Crippen molar-refractivity contribution < 1.29 is 78.0 Å². The van der Waals surface area contributed by atoms with Crippen LogP contribution in [0.3, 0.4) is 0 Å². The maximum absolute atomic E-state index is 11.2. The highest BCUT2D eigenvalue weighted by Crippen LogP contribution is 2.54. The largest absolute Gasteiger partial charge is 0.504 e. The third-order valence-corrected chi connectivity index (χ3v) is 10.6.